The van der Waals surface area contributed by atoms with Gasteiger partial charge in [0.15, 0.2) is 0 Å². The Morgan fingerprint density at radius 1 is 0.174 bits per heavy atom. The molecule has 0 nitrogen and oxygen atoms in total. The van der Waals surface area contributed by atoms with Crippen molar-refractivity contribution in [3.8, 4) is 0 Å². The molecule has 0 saturated carbocycles. The molecule has 0 spiro atoms. The van der Waals surface area contributed by atoms with Gasteiger partial charge in [-0.05, 0) is 0 Å². The Labute approximate surface area is 323 Å². The molecule has 46 heavy (non-hydrogen) atoms. The van der Waals surface area contributed by atoms with Crippen molar-refractivity contribution >= 4 is 320 Å². The van der Waals surface area contributed by atoms with Gasteiger partial charge >= 0.3 is 0 Å². The summed E-state index contributed by atoms with van der Waals surface area (Å²) in [4.78, 5) is 0. The molecule has 0 rings (SSSR count). The van der Waals surface area contributed by atoms with Gasteiger partial charge in [-0.25, -0.2) is 0 Å². The molecule has 0 amide bonds. The first kappa shape index (κ1) is 48.9. The highest BCUT2D eigenvalue weighted by molar-refractivity contribution is 8.17. The second-order valence-corrected chi connectivity index (χ2v) is 12.7. The average molecular weight is 500 g/mol. The Balaban J connectivity index is 9.13. The molecule has 0 N–H and O–H groups in total. The van der Waals surface area contributed by atoms with Gasteiger partial charge in [-0.2, -0.15) is 0 Å². The van der Waals surface area contributed by atoms with Crippen LogP contribution < -0.4 is 0 Å². The maximum atomic E-state index is 6.36. The van der Waals surface area contributed by atoms with Gasteiger partial charge in [0.2, 0.25) is 0 Å². The molecule has 45 heteroatoms. The molecule has 0 bridgehead atoms. The van der Waals surface area contributed by atoms with Crippen LogP contribution in [0.15, 0.2) is 0 Å². The Hall–Kier alpha value is 2.92. The number of hydrogen-bond donors (Lipinski definition) is 0. The quantitative estimate of drug-likeness (QED) is 0.138. The molecule has 0 aliphatic rings. The summed E-state index contributed by atoms with van der Waals surface area (Å²) in [6, 6.07) is 0. The van der Waals surface area contributed by atoms with Crippen molar-refractivity contribution in [3.63, 3.8) is 0 Å². The molecule has 0 fully saturated rings. The summed E-state index contributed by atoms with van der Waals surface area (Å²) in [5, 5.41) is 0. The summed E-state index contributed by atoms with van der Waals surface area (Å²) in [5.41, 5.74) is -1.23. The molecular weight excluding hydrogens is 499 g/mol. The summed E-state index contributed by atoms with van der Waals surface area (Å²) in [6.07, 6.45) is -22.5. The van der Waals surface area contributed by atoms with Crippen LogP contribution in [0.4, 0.5) is 0 Å². The summed E-state index contributed by atoms with van der Waals surface area (Å²) < 4.78 is 0. The first-order valence-corrected chi connectivity index (χ1v) is 15.0. The molecule has 0 aromatic carbocycles. The lowest BCUT2D eigenvalue weighted by atomic mass is 8.36. The third-order valence-corrected chi connectivity index (χ3v) is 9.33. The molecule has 0 aliphatic heterocycles. The van der Waals surface area contributed by atoms with E-state index in [1.165, 1.54) is 0 Å². The molecule has 0 aromatic heterocycles. The van der Waals surface area contributed by atoms with E-state index >= 15 is 0 Å². The van der Waals surface area contributed by atoms with E-state index in [0.29, 0.717) is 0 Å². The molecular formula is CHB45. The lowest BCUT2D eigenvalue weighted by molar-refractivity contribution is 1.80. The Morgan fingerprint density at radius 3 is 0.326 bits per heavy atom. The van der Waals surface area contributed by atoms with E-state index in [-0.39, 0.29) is 0 Å². The zero-order chi connectivity index (χ0) is 36.7. The van der Waals surface area contributed by atoms with E-state index in [2.05, 4.69) is 0 Å². The van der Waals surface area contributed by atoms with Crippen molar-refractivity contribution in [1.29, 1.82) is 0 Å². The minimum absolute atomic E-state index is 1.15. The normalized spacial score (nSPS) is 9.85. The van der Waals surface area contributed by atoms with Gasteiger partial charge < -0.3 is 0 Å². The highest BCUT2D eigenvalue weighted by Crippen LogP contribution is 2.31. The van der Waals surface area contributed by atoms with E-state index in [1.807, 2.05) is 0 Å². The highest BCUT2D eigenvalue weighted by atomic mass is 13.7. The van der Waals surface area contributed by atoms with Gasteiger partial charge in [0.25, 0.3) is 0 Å². The fourth-order valence-electron chi connectivity index (χ4n) is 7.70. The fraction of sp³-hybridized carbons (Fsp3) is 1.00. The first-order chi connectivity index (χ1) is 20.9. The zero-order valence-corrected chi connectivity index (χ0v) is 26.6. The molecule has 0 heterocycles. The Morgan fingerprint density at radius 2 is 0.261 bits per heavy atom. The molecule has 0 aromatic rings. The van der Waals surface area contributed by atoms with Crippen LogP contribution in [0.25, 0.3) is 0 Å². The average Bonchev–Trinajstić information content (AvgIpc) is 2.81. The van der Waals surface area contributed by atoms with E-state index in [9.17, 15) is 0 Å². The van der Waals surface area contributed by atoms with E-state index in [0.717, 1.165) is 0 Å². The van der Waals surface area contributed by atoms with Gasteiger partial charge in [0, 0.05) is 320 Å². The van der Waals surface area contributed by atoms with Crippen LogP contribution in [0, 0.1) is 0 Å². The van der Waals surface area contributed by atoms with Crippen molar-refractivity contribution in [2.24, 2.45) is 0 Å². The van der Waals surface area contributed by atoms with Crippen LogP contribution in [0.3, 0.4) is 0 Å². The van der Waals surface area contributed by atoms with Gasteiger partial charge in [0.05, 0.1) is 0 Å². The predicted octanol–water partition coefficient (Wildman–Crippen LogP) is -16.8. The van der Waals surface area contributed by atoms with Crippen LogP contribution in [0.2, 0.25) is 5.62 Å². The fourth-order valence-corrected chi connectivity index (χ4v) is 7.70. The van der Waals surface area contributed by atoms with E-state index in [4.69, 9.17) is 186 Å². The van der Waals surface area contributed by atoms with Crippen molar-refractivity contribution < 1.29 is 0 Å². The van der Waals surface area contributed by atoms with Crippen LogP contribution in [0.5, 0.6) is 0 Å². The molecule has 0 unspecified atom stereocenters. The van der Waals surface area contributed by atoms with Crippen LogP contribution in [-0.4, -0.2) is 320 Å². The summed E-state index contributed by atoms with van der Waals surface area (Å²) in [7, 11) is 153. The van der Waals surface area contributed by atoms with Crippen LogP contribution >= 0.6 is 0 Å². The Bertz CT molecular complexity index is 568. The second-order valence-electron chi connectivity index (χ2n) is 12.7. The monoisotopic (exact) mass is 508 g/mol. The third kappa shape index (κ3) is 13.1. The van der Waals surface area contributed by atoms with Crippen molar-refractivity contribution in [2.45, 2.75) is 5.62 Å². The van der Waals surface area contributed by atoms with Gasteiger partial charge in [-0.3, -0.25) is 0 Å². The molecule has 48 radical (unpaired) electrons. The lowest BCUT2D eigenvalue weighted by Crippen LogP contribution is -2.87. The highest BCUT2D eigenvalue weighted by Gasteiger charge is 2.58. The van der Waals surface area contributed by atoms with Gasteiger partial charge in [-0.1, -0.05) is 0 Å². The topological polar surface area (TPSA) is 0 Å². The van der Waals surface area contributed by atoms with E-state index < -0.39 is 140 Å². The molecule has 0 atom stereocenters. The largest absolute Gasteiger partial charge is 0.146 e. The maximum absolute atomic E-state index is 6.36. The van der Waals surface area contributed by atoms with Crippen molar-refractivity contribution in [1.82, 2.24) is 0 Å². The number of hydrogen-bond acceptors (Lipinski definition) is 0. The third-order valence-electron chi connectivity index (χ3n) is 9.33. The van der Waals surface area contributed by atoms with Gasteiger partial charge in [-0.15, -0.1) is 5.62 Å². The summed E-state index contributed by atoms with van der Waals surface area (Å²) in [6.45, 7) is -3.56. The number of rotatable bonds is 21. The summed E-state index contributed by atoms with van der Waals surface area (Å²) in [5.74, 6) is 0. The minimum Gasteiger partial charge on any atom is -0.146 e. The predicted molar refractivity (Wildman–Crippen MR) is 263 cm³/mol. The van der Waals surface area contributed by atoms with Crippen LogP contribution in [0.1, 0.15) is 0 Å². The van der Waals surface area contributed by atoms with Gasteiger partial charge in [0.1, 0.15) is 0 Å². The zero-order valence-electron chi connectivity index (χ0n) is 26.6. The Kier molecular flexibility index (Phi) is 23.6. The summed E-state index contributed by atoms with van der Waals surface area (Å²) >= 11 is 0. The maximum Gasteiger partial charge on any atom is 0.0294 e. The van der Waals surface area contributed by atoms with E-state index in [1.54, 1.807) is 0 Å². The lowest BCUT2D eigenvalue weighted by Gasteiger charge is -2.57. The van der Waals surface area contributed by atoms with Crippen LogP contribution in [-0.2, 0) is 0 Å². The minimum atomic E-state index is -1.30. The first-order valence-electron chi connectivity index (χ1n) is 15.0. The second kappa shape index (κ2) is 22.2. The molecule has 140 valence electrons. The molecule has 0 aliphatic carbocycles. The SMILES string of the molecule is [B]B([B])B(B([B])[B])B(B(B([B])[B])B([B])[B])C(B(B(B([B])[B])B([B])[B])B(B([B])[B])B([B])[B])B(B(B([B])[B])B([B])[B])B(B([B])[B])B([B])[B]. The molecule has 0 saturated heterocycles. The van der Waals surface area contributed by atoms with Crippen molar-refractivity contribution in [3.05, 3.63) is 0 Å². The van der Waals surface area contributed by atoms with Crippen molar-refractivity contribution in [2.75, 3.05) is 0 Å². The standard InChI is InChI=1S/CHB45/c2-29(3)41(30(4)5)26(42(31(6)7)32(8)9)1(27(43(33(10)11)34(12)13)44(35(14)15)36(16)17)28(45(37(18)19)38(20)21)46(39(22)23)40(24)25/h1H. The smallest absolute Gasteiger partial charge is 0.0294 e.